The van der Waals surface area contributed by atoms with Crippen molar-refractivity contribution in [3.05, 3.63) is 0 Å². The number of hydrogen-bond acceptors (Lipinski definition) is 7. The molecule has 3 unspecified atom stereocenters. The molecule has 1 N–H and O–H groups in total. The van der Waals surface area contributed by atoms with Crippen LogP contribution in [-0.2, 0) is 33.4 Å². The smallest absolute Gasteiger partial charge is 0.315 e. The topological polar surface area (TPSA) is 116 Å². The van der Waals surface area contributed by atoms with Crippen molar-refractivity contribution in [2.75, 3.05) is 0 Å². The van der Waals surface area contributed by atoms with Gasteiger partial charge in [0.15, 0.2) is 0 Å². The SMILES string of the molecule is CCC(=O)OC(C)OC(=O)C(CCCCC(=O)O)C(C)OC(=O)CC. The maximum atomic E-state index is 12.3. The molecule has 0 radical (unpaired) electrons. The number of unbranched alkanes of at least 4 members (excludes halogenated alkanes) is 1. The maximum absolute atomic E-state index is 12.3. The summed E-state index contributed by atoms with van der Waals surface area (Å²) >= 11 is 0. The van der Waals surface area contributed by atoms with E-state index in [0.717, 1.165) is 0 Å². The third-order valence-corrected chi connectivity index (χ3v) is 3.50. The van der Waals surface area contributed by atoms with Crippen LogP contribution in [0, 0.1) is 5.92 Å². The van der Waals surface area contributed by atoms with Gasteiger partial charge in [0, 0.05) is 26.2 Å². The third kappa shape index (κ3) is 10.4. The van der Waals surface area contributed by atoms with Crippen molar-refractivity contribution >= 4 is 23.9 Å². The van der Waals surface area contributed by atoms with E-state index in [1.54, 1.807) is 20.8 Å². The van der Waals surface area contributed by atoms with E-state index in [9.17, 15) is 19.2 Å². The van der Waals surface area contributed by atoms with Gasteiger partial charge in [0.1, 0.15) is 6.10 Å². The van der Waals surface area contributed by atoms with Crippen LogP contribution in [0.25, 0.3) is 0 Å². The number of carboxylic acid groups (broad SMARTS) is 1. The molecule has 25 heavy (non-hydrogen) atoms. The Bertz CT molecular complexity index is 460. The van der Waals surface area contributed by atoms with Crippen molar-refractivity contribution in [1.29, 1.82) is 0 Å². The summed E-state index contributed by atoms with van der Waals surface area (Å²) < 4.78 is 15.2. The zero-order valence-electron chi connectivity index (χ0n) is 15.3. The number of ether oxygens (including phenoxy) is 3. The lowest BCUT2D eigenvalue weighted by atomic mass is 9.96. The number of esters is 3. The minimum absolute atomic E-state index is 0.00455. The Morgan fingerprint density at radius 2 is 1.44 bits per heavy atom. The minimum atomic E-state index is -1.05. The Morgan fingerprint density at radius 1 is 0.880 bits per heavy atom. The molecule has 0 saturated carbocycles. The van der Waals surface area contributed by atoms with Crippen LogP contribution in [0.2, 0.25) is 0 Å². The lowest BCUT2D eigenvalue weighted by Gasteiger charge is -2.24. The monoisotopic (exact) mass is 360 g/mol. The predicted molar refractivity (Wildman–Crippen MR) is 87.4 cm³/mol. The quantitative estimate of drug-likeness (QED) is 0.320. The van der Waals surface area contributed by atoms with Crippen LogP contribution in [-0.4, -0.2) is 41.4 Å². The number of carbonyl (C=O) groups is 4. The molecular weight excluding hydrogens is 332 g/mol. The van der Waals surface area contributed by atoms with Gasteiger partial charge in [-0.3, -0.25) is 19.2 Å². The molecule has 0 fully saturated rings. The summed E-state index contributed by atoms with van der Waals surface area (Å²) in [7, 11) is 0. The van der Waals surface area contributed by atoms with E-state index in [4.69, 9.17) is 19.3 Å². The predicted octanol–water partition coefficient (Wildman–Crippen LogP) is 2.43. The van der Waals surface area contributed by atoms with Gasteiger partial charge in [0.2, 0.25) is 6.29 Å². The summed E-state index contributed by atoms with van der Waals surface area (Å²) in [6.07, 6.45) is -0.277. The molecule has 0 aliphatic carbocycles. The molecule has 144 valence electrons. The summed E-state index contributed by atoms with van der Waals surface area (Å²) in [4.78, 5) is 45.6. The minimum Gasteiger partial charge on any atom is -0.481 e. The van der Waals surface area contributed by atoms with Gasteiger partial charge in [-0.05, 0) is 19.8 Å². The van der Waals surface area contributed by atoms with E-state index in [2.05, 4.69) is 0 Å². The third-order valence-electron chi connectivity index (χ3n) is 3.50. The lowest BCUT2D eigenvalue weighted by molar-refractivity contribution is -0.190. The Morgan fingerprint density at radius 3 is 1.96 bits per heavy atom. The van der Waals surface area contributed by atoms with E-state index >= 15 is 0 Å². The van der Waals surface area contributed by atoms with Crippen LogP contribution in [0.5, 0.6) is 0 Å². The lowest BCUT2D eigenvalue weighted by Crippen LogP contribution is -2.34. The van der Waals surface area contributed by atoms with Crippen LogP contribution in [0.15, 0.2) is 0 Å². The normalized spacial score (nSPS) is 14.1. The second-order valence-electron chi connectivity index (χ2n) is 5.64. The van der Waals surface area contributed by atoms with Gasteiger partial charge in [-0.2, -0.15) is 0 Å². The van der Waals surface area contributed by atoms with Crippen LogP contribution >= 0.6 is 0 Å². The van der Waals surface area contributed by atoms with Gasteiger partial charge in [-0.25, -0.2) is 0 Å². The molecule has 0 aromatic carbocycles. The highest BCUT2D eigenvalue weighted by Gasteiger charge is 2.30. The number of hydrogen-bond donors (Lipinski definition) is 1. The zero-order chi connectivity index (χ0) is 19.4. The first kappa shape index (κ1) is 22.9. The van der Waals surface area contributed by atoms with Crippen LogP contribution < -0.4 is 0 Å². The van der Waals surface area contributed by atoms with Gasteiger partial charge in [0.25, 0.3) is 0 Å². The molecule has 3 atom stereocenters. The van der Waals surface area contributed by atoms with E-state index in [1.807, 2.05) is 0 Å². The highest BCUT2D eigenvalue weighted by Crippen LogP contribution is 2.20. The van der Waals surface area contributed by atoms with Crippen molar-refractivity contribution in [3.8, 4) is 0 Å². The molecule has 0 aromatic rings. The molecule has 0 bridgehead atoms. The van der Waals surface area contributed by atoms with Crippen molar-refractivity contribution < 1.29 is 38.5 Å². The van der Waals surface area contributed by atoms with Crippen molar-refractivity contribution in [2.45, 2.75) is 78.6 Å². The van der Waals surface area contributed by atoms with Gasteiger partial charge < -0.3 is 19.3 Å². The highest BCUT2D eigenvalue weighted by atomic mass is 16.7. The molecule has 0 aromatic heterocycles. The summed E-state index contributed by atoms with van der Waals surface area (Å²) in [5.41, 5.74) is 0. The van der Waals surface area contributed by atoms with Crippen molar-refractivity contribution in [3.63, 3.8) is 0 Å². The van der Waals surface area contributed by atoms with Gasteiger partial charge >= 0.3 is 23.9 Å². The Kier molecular flexibility index (Phi) is 11.2. The second kappa shape index (κ2) is 12.3. The number of rotatable bonds is 12. The van der Waals surface area contributed by atoms with Crippen molar-refractivity contribution in [1.82, 2.24) is 0 Å². The standard InChI is InChI=1S/C17H28O8/c1-5-15(20)23-11(3)13(9-7-8-10-14(18)19)17(22)25-12(4)24-16(21)6-2/h11-13H,5-10H2,1-4H3,(H,18,19). The molecule has 0 heterocycles. The van der Waals surface area contributed by atoms with E-state index in [-0.39, 0.29) is 19.3 Å². The zero-order valence-corrected chi connectivity index (χ0v) is 15.3. The number of aliphatic carboxylic acids is 1. The summed E-state index contributed by atoms with van der Waals surface area (Å²) in [6, 6.07) is 0. The van der Waals surface area contributed by atoms with Crippen LogP contribution in [0.4, 0.5) is 0 Å². The van der Waals surface area contributed by atoms with Gasteiger partial charge in [-0.1, -0.05) is 20.3 Å². The fraction of sp³-hybridized carbons (Fsp3) is 0.765. The first-order valence-corrected chi connectivity index (χ1v) is 8.52. The highest BCUT2D eigenvalue weighted by molar-refractivity contribution is 5.75. The largest absolute Gasteiger partial charge is 0.481 e. The van der Waals surface area contributed by atoms with Crippen LogP contribution in [0.1, 0.15) is 66.2 Å². The molecule has 8 heteroatoms. The Balaban J connectivity index is 4.77. The summed E-state index contributed by atoms with van der Waals surface area (Å²) in [5, 5.41) is 8.66. The average molecular weight is 360 g/mol. The van der Waals surface area contributed by atoms with E-state index in [0.29, 0.717) is 19.3 Å². The molecular formula is C17H28O8. The van der Waals surface area contributed by atoms with Crippen molar-refractivity contribution in [2.24, 2.45) is 5.92 Å². The van der Waals surface area contributed by atoms with Crippen LogP contribution in [0.3, 0.4) is 0 Å². The fourth-order valence-corrected chi connectivity index (χ4v) is 2.10. The maximum Gasteiger partial charge on any atom is 0.315 e. The molecule has 0 amide bonds. The van der Waals surface area contributed by atoms with E-state index < -0.39 is 42.2 Å². The Labute approximate surface area is 147 Å². The molecule has 8 nitrogen and oxygen atoms in total. The second-order valence-corrected chi connectivity index (χ2v) is 5.64. The molecule has 0 aliphatic heterocycles. The Hall–Kier alpha value is -2.12. The number of carboxylic acids is 1. The van der Waals surface area contributed by atoms with Gasteiger partial charge in [-0.15, -0.1) is 0 Å². The molecule has 0 rings (SSSR count). The first-order valence-electron chi connectivity index (χ1n) is 8.52. The first-order chi connectivity index (χ1) is 11.7. The number of carbonyl (C=O) groups excluding carboxylic acids is 3. The summed E-state index contributed by atoms with van der Waals surface area (Å²) in [5.74, 6) is -3.26. The van der Waals surface area contributed by atoms with Gasteiger partial charge in [0.05, 0.1) is 5.92 Å². The summed E-state index contributed by atoms with van der Waals surface area (Å²) in [6.45, 7) is 6.27. The average Bonchev–Trinajstić information content (AvgIpc) is 2.53. The molecule has 0 saturated heterocycles. The van der Waals surface area contributed by atoms with E-state index in [1.165, 1.54) is 6.92 Å². The molecule has 0 aliphatic rings. The fourth-order valence-electron chi connectivity index (χ4n) is 2.10. The molecule has 0 spiro atoms.